The van der Waals surface area contributed by atoms with Crippen molar-refractivity contribution in [2.45, 2.75) is 72.9 Å². The molecule has 212 valence electrons. The third-order valence-corrected chi connectivity index (χ3v) is 6.26. The van der Waals surface area contributed by atoms with Crippen LogP contribution in [-0.4, -0.2) is 49.8 Å². The summed E-state index contributed by atoms with van der Waals surface area (Å²) in [4.78, 5) is 27.7. The van der Waals surface area contributed by atoms with Crippen LogP contribution in [0.3, 0.4) is 0 Å². The molecule has 0 radical (unpaired) electrons. The van der Waals surface area contributed by atoms with Crippen molar-refractivity contribution in [2.24, 2.45) is 5.10 Å². The molecule has 3 aromatic rings. The summed E-state index contributed by atoms with van der Waals surface area (Å²) in [5, 5.41) is 11.9. The molecule has 8 nitrogen and oxygen atoms in total. The zero-order valence-electron chi connectivity index (χ0n) is 23.7. The highest BCUT2D eigenvalue weighted by atomic mass is 19.1. The monoisotopic (exact) mass is 542 g/mol. The van der Waals surface area contributed by atoms with Gasteiger partial charge in [0.05, 0.1) is 17.8 Å². The molecular weight excluding hydrogens is 502 g/mol. The van der Waals surface area contributed by atoms with E-state index in [4.69, 9.17) is 0 Å². The summed E-state index contributed by atoms with van der Waals surface area (Å²) in [7, 11) is 0. The summed E-state index contributed by atoms with van der Waals surface area (Å²) in [6.07, 6.45) is 2.63. The van der Waals surface area contributed by atoms with Crippen molar-refractivity contribution >= 4 is 11.6 Å². The largest absolute Gasteiger partial charge is 0.340 e. The third kappa shape index (κ3) is 8.16. The number of rotatable bonds is 4. The minimum Gasteiger partial charge on any atom is -0.294 e. The van der Waals surface area contributed by atoms with Crippen molar-refractivity contribution in [3.05, 3.63) is 87.6 Å². The fourth-order valence-electron chi connectivity index (χ4n) is 4.57. The van der Waals surface area contributed by atoms with E-state index in [1.165, 1.54) is 18.4 Å². The maximum absolute atomic E-state index is 13.9. The van der Waals surface area contributed by atoms with Gasteiger partial charge in [-0.25, -0.2) is 23.7 Å². The second kappa shape index (κ2) is 15.7. The SMILES string of the molecule is CC.CC.CC(=O)N1N=C(c2cc(F)ccc2F)C[C@H]1c1ccccc1.CCN1CCCC1c1n[nH]c(=O)[nH]1. The number of halogens is 2. The molecule has 0 saturated carbocycles. The van der Waals surface area contributed by atoms with E-state index >= 15 is 0 Å². The van der Waals surface area contributed by atoms with Crippen LogP contribution >= 0.6 is 0 Å². The average Bonchev–Trinajstić information content (AvgIpc) is 3.72. The van der Waals surface area contributed by atoms with Crippen LogP contribution in [0.5, 0.6) is 0 Å². The van der Waals surface area contributed by atoms with Gasteiger partial charge >= 0.3 is 5.69 Å². The average molecular weight is 543 g/mol. The van der Waals surface area contributed by atoms with Gasteiger partial charge in [0.1, 0.15) is 17.5 Å². The molecule has 3 heterocycles. The number of carbonyl (C=O) groups excluding carboxylic acids is 1. The lowest BCUT2D eigenvalue weighted by molar-refractivity contribution is -0.130. The molecule has 2 atom stereocenters. The number of carbonyl (C=O) groups is 1. The van der Waals surface area contributed by atoms with Crippen molar-refractivity contribution in [1.29, 1.82) is 0 Å². The smallest absolute Gasteiger partial charge is 0.294 e. The molecule has 10 heteroatoms. The number of hydrazone groups is 1. The topological polar surface area (TPSA) is 97.4 Å². The number of nitrogens with zero attached hydrogens (tertiary/aromatic N) is 4. The minimum atomic E-state index is -0.544. The molecular formula is C29H40F2N6O2. The third-order valence-electron chi connectivity index (χ3n) is 6.26. The second-order valence-corrected chi connectivity index (χ2v) is 8.51. The molecule has 1 fully saturated rings. The van der Waals surface area contributed by atoms with Gasteiger partial charge in [-0.1, -0.05) is 65.0 Å². The molecule has 0 spiro atoms. The summed E-state index contributed by atoms with van der Waals surface area (Å²) < 4.78 is 27.3. The van der Waals surface area contributed by atoms with E-state index in [1.807, 2.05) is 58.0 Å². The first kappa shape index (κ1) is 31.6. The Hall–Kier alpha value is -3.66. The predicted molar refractivity (Wildman–Crippen MR) is 150 cm³/mol. The molecule has 1 unspecified atom stereocenters. The molecule has 2 aliphatic rings. The Morgan fingerprint density at radius 3 is 2.33 bits per heavy atom. The summed E-state index contributed by atoms with van der Waals surface area (Å²) in [6.45, 7) is 13.7. The van der Waals surface area contributed by atoms with Gasteiger partial charge in [-0.2, -0.15) is 10.2 Å². The number of benzene rings is 2. The lowest BCUT2D eigenvalue weighted by Crippen LogP contribution is -2.24. The number of hydrogen-bond acceptors (Lipinski definition) is 5. The van der Waals surface area contributed by atoms with E-state index in [-0.39, 0.29) is 23.2 Å². The summed E-state index contributed by atoms with van der Waals surface area (Å²) in [5.41, 5.74) is 1.18. The summed E-state index contributed by atoms with van der Waals surface area (Å²) >= 11 is 0. The summed E-state index contributed by atoms with van der Waals surface area (Å²) in [5.74, 6) is -0.529. The summed E-state index contributed by atoms with van der Waals surface area (Å²) in [6, 6.07) is 12.7. The maximum atomic E-state index is 13.9. The first-order valence-corrected chi connectivity index (χ1v) is 13.6. The van der Waals surface area contributed by atoms with Gasteiger partial charge in [-0.3, -0.25) is 14.7 Å². The Balaban J connectivity index is 0.000000267. The van der Waals surface area contributed by atoms with Gasteiger partial charge in [-0.15, -0.1) is 0 Å². The van der Waals surface area contributed by atoms with Crippen LogP contribution in [-0.2, 0) is 4.79 Å². The van der Waals surface area contributed by atoms with Crippen molar-refractivity contribution in [3.8, 4) is 0 Å². The highest BCUT2D eigenvalue weighted by Crippen LogP contribution is 2.33. The molecule has 0 bridgehead atoms. The second-order valence-electron chi connectivity index (χ2n) is 8.51. The standard InChI is InChI=1S/C17H14F2N2O.C8H14N4O.2C2H6/c1-11(22)21-17(12-5-3-2-4-6-12)10-16(20-21)14-9-13(18)7-8-15(14)19;1-2-12-5-3-4-6(12)7-9-8(13)11-10-7;2*1-2/h2-9,17H,10H2,1H3;6H,2-5H2,1H3,(H2,9,10,11,13);2*1-2H3/t17-;;;/m0.../s1. The van der Waals surface area contributed by atoms with Gasteiger partial charge in [0.15, 0.2) is 0 Å². The number of H-pyrrole nitrogens is 2. The highest BCUT2D eigenvalue weighted by Gasteiger charge is 2.32. The Kier molecular flexibility index (Phi) is 12.7. The van der Waals surface area contributed by atoms with Crippen LogP contribution in [0.4, 0.5) is 8.78 Å². The van der Waals surface area contributed by atoms with Crippen LogP contribution in [0, 0.1) is 11.6 Å². The van der Waals surface area contributed by atoms with Crippen molar-refractivity contribution < 1.29 is 13.6 Å². The van der Waals surface area contributed by atoms with Gasteiger partial charge in [0.25, 0.3) is 0 Å². The van der Waals surface area contributed by atoms with E-state index in [1.54, 1.807) is 0 Å². The Morgan fingerprint density at radius 1 is 1.05 bits per heavy atom. The number of aromatic nitrogens is 3. The van der Waals surface area contributed by atoms with Gasteiger partial charge in [0.2, 0.25) is 5.91 Å². The number of hydrogen-bond donors (Lipinski definition) is 2. The molecule has 1 aromatic heterocycles. The van der Waals surface area contributed by atoms with E-state index in [2.05, 4.69) is 32.1 Å². The molecule has 1 saturated heterocycles. The highest BCUT2D eigenvalue weighted by molar-refractivity contribution is 6.03. The number of amides is 1. The van der Waals surface area contributed by atoms with Crippen LogP contribution in [0.1, 0.15) is 89.8 Å². The molecule has 2 aliphatic heterocycles. The zero-order chi connectivity index (χ0) is 28.9. The molecule has 2 N–H and O–H groups in total. The fourth-order valence-corrected chi connectivity index (χ4v) is 4.57. The van der Waals surface area contributed by atoms with E-state index in [0.717, 1.165) is 49.1 Å². The molecule has 1 amide bonds. The maximum Gasteiger partial charge on any atom is 0.340 e. The molecule has 5 rings (SSSR count). The lowest BCUT2D eigenvalue weighted by atomic mass is 9.98. The van der Waals surface area contributed by atoms with E-state index < -0.39 is 11.6 Å². The van der Waals surface area contributed by atoms with Crippen molar-refractivity contribution in [2.75, 3.05) is 13.1 Å². The molecule has 0 aliphatic carbocycles. The van der Waals surface area contributed by atoms with E-state index in [9.17, 15) is 18.4 Å². The Bertz CT molecular complexity index is 1260. The van der Waals surface area contributed by atoms with Crippen LogP contribution in [0.2, 0.25) is 0 Å². The Morgan fingerprint density at radius 2 is 1.74 bits per heavy atom. The van der Waals surface area contributed by atoms with Crippen LogP contribution in [0.25, 0.3) is 0 Å². The van der Waals surface area contributed by atoms with Gasteiger partial charge < -0.3 is 0 Å². The van der Waals surface area contributed by atoms with Gasteiger partial charge in [0, 0.05) is 18.9 Å². The van der Waals surface area contributed by atoms with Crippen molar-refractivity contribution in [3.63, 3.8) is 0 Å². The van der Waals surface area contributed by atoms with Crippen molar-refractivity contribution in [1.82, 2.24) is 25.1 Å². The molecule has 2 aromatic carbocycles. The molecule has 39 heavy (non-hydrogen) atoms. The zero-order valence-corrected chi connectivity index (χ0v) is 23.7. The number of aromatic amines is 2. The van der Waals surface area contributed by atoms with Gasteiger partial charge in [-0.05, 0) is 49.7 Å². The van der Waals surface area contributed by atoms with Crippen LogP contribution in [0.15, 0.2) is 58.4 Å². The van der Waals surface area contributed by atoms with Crippen LogP contribution < -0.4 is 5.69 Å². The first-order chi connectivity index (χ1) is 18.9. The first-order valence-electron chi connectivity index (χ1n) is 13.6. The number of nitrogens with one attached hydrogen (secondary N) is 2. The predicted octanol–water partition coefficient (Wildman–Crippen LogP) is 5.97. The normalized spacial score (nSPS) is 18.2. The Labute approximate surface area is 229 Å². The quantitative estimate of drug-likeness (QED) is 0.424. The fraction of sp³-hybridized carbons (Fsp3) is 0.448. The number of likely N-dealkylation sites (tertiary alicyclic amines) is 1. The minimum absolute atomic E-state index is 0.102. The van der Waals surface area contributed by atoms with E-state index in [0.29, 0.717) is 18.2 Å². The lowest BCUT2D eigenvalue weighted by Gasteiger charge is -2.20.